The Hall–Kier alpha value is -2.14. The first-order valence-corrected chi connectivity index (χ1v) is 9.43. The molecular weight excluding hydrogens is 312 g/mol. The molecule has 0 unspecified atom stereocenters. The van der Waals surface area contributed by atoms with Crippen molar-refractivity contribution in [3.05, 3.63) is 48.5 Å². The Morgan fingerprint density at radius 3 is 2.60 bits per heavy atom. The van der Waals surface area contributed by atoms with E-state index in [1.165, 1.54) is 32.1 Å². The van der Waals surface area contributed by atoms with E-state index in [1.54, 1.807) is 0 Å². The molecule has 2 heterocycles. The molecule has 25 heavy (non-hydrogen) atoms. The van der Waals surface area contributed by atoms with Gasteiger partial charge in [0.15, 0.2) is 0 Å². The second-order valence-corrected chi connectivity index (χ2v) is 7.16. The van der Waals surface area contributed by atoms with Crippen molar-refractivity contribution < 1.29 is 4.79 Å². The maximum absolute atomic E-state index is 12.9. The first-order valence-electron chi connectivity index (χ1n) is 9.43. The van der Waals surface area contributed by atoms with E-state index in [2.05, 4.69) is 21.1 Å². The molecule has 0 radical (unpaired) electrons. The number of amides is 1. The Morgan fingerprint density at radius 2 is 1.92 bits per heavy atom. The van der Waals surface area contributed by atoms with Gasteiger partial charge in [-0.2, -0.15) is 0 Å². The molecule has 132 valence electrons. The molecule has 1 saturated heterocycles. The lowest BCUT2D eigenvalue weighted by molar-refractivity contribution is -0.122. The molecule has 4 rings (SSSR count). The van der Waals surface area contributed by atoms with Crippen molar-refractivity contribution in [2.75, 3.05) is 11.4 Å². The molecular formula is C20H26N4O. The van der Waals surface area contributed by atoms with Gasteiger partial charge in [0.05, 0.1) is 24.6 Å². The number of anilines is 1. The third-order valence-electron chi connectivity index (χ3n) is 5.43. The Balaban J connectivity index is 1.52. The Kier molecular flexibility index (Phi) is 4.83. The zero-order valence-corrected chi connectivity index (χ0v) is 14.6. The molecule has 0 spiro atoms. The van der Waals surface area contributed by atoms with E-state index in [1.807, 2.05) is 41.6 Å². The highest BCUT2D eigenvalue weighted by Crippen LogP contribution is 2.28. The van der Waals surface area contributed by atoms with Crippen LogP contribution in [0, 0.1) is 0 Å². The molecule has 1 atom stereocenters. The van der Waals surface area contributed by atoms with Gasteiger partial charge in [-0.05, 0) is 37.9 Å². The lowest BCUT2D eigenvalue weighted by atomic mass is 9.95. The standard InChI is InChI=1S/C20H26N4O/c25-20(19-11-12-21-19)24(18-9-5-2-6-10-18)14-16-13-23(15-22-16)17-7-3-1-4-8-17/h2,5-6,9-10,13,15,17,19,21H,1,3-4,7-8,11-12,14H2/t19-/m1/s1. The van der Waals surface area contributed by atoms with Crippen molar-refractivity contribution in [3.8, 4) is 0 Å². The summed E-state index contributed by atoms with van der Waals surface area (Å²) in [6.45, 7) is 1.45. The largest absolute Gasteiger partial charge is 0.334 e. The van der Waals surface area contributed by atoms with E-state index in [0.717, 1.165) is 24.3 Å². The van der Waals surface area contributed by atoms with Gasteiger partial charge in [-0.3, -0.25) is 4.79 Å². The predicted molar refractivity (Wildman–Crippen MR) is 98.4 cm³/mol. The Labute approximate surface area is 149 Å². The maximum Gasteiger partial charge on any atom is 0.244 e. The molecule has 2 aliphatic rings. The number of hydrogen-bond donors (Lipinski definition) is 1. The topological polar surface area (TPSA) is 50.2 Å². The van der Waals surface area contributed by atoms with Crippen molar-refractivity contribution >= 4 is 11.6 Å². The number of rotatable bonds is 5. The third kappa shape index (κ3) is 3.61. The van der Waals surface area contributed by atoms with Gasteiger partial charge >= 0.3 is 0 Å². The number of aromatic nitrogens is 2. The van der Waals surface area contributed by atoms with Crippen LogP contribution in [0.5, 0.6) is 0 Å². The van der Waals surface area contributed by atoms with Crippen LogP contribution in [0.25, 0.3) is 0 Å². The molecule has 2 aromatic rings. The van der Waals surface area contributed by atoms with Gasteiger partial charge in [-0.1, -0.05) is 37.5 Å². The number of para-hydroxylation sites is 1. The predicted octanol–water partition coefficient (Wildman–Crippen LogP) is 3.28. The quantitative estimate of drug-likeness (QED) is 0.910. The second kappa shape index (κ2) is 7.40. The molecule has 5 heteroatoms. The number of carbonyl (C=O) groups is 1. The normalized spacial score (nSPS) is 20.9. The average molecular weight is 338 g/mol. The van der Waals surface area contributed by atoms with Crippen LogP contribution < -0.4 is 10.2 Å². The molecule has 5 nitrogen and oxygen atoms in total. The first kappa shape index (κ1) is 16.3. The minimum Gasteiger partial charge on any atom is -0.334 e. The summed E-state index contributed by atoms with van der Waals surface area (Å²) < 4.78 is 2.25. The summed E-state index contributed by atoms with van der Waals surface area (Å²) in [6, 6.07) is 10.4. The molecule has 1 aliphatic carbocycles. The lowest BCUT2D eigenvalue weighted by Crippen LogP contribution is -2.54. The number of carbonyl (C=O) groups excluding carboxylic acids is 1. The van der Waals surface area contributed by atoms with Crippen molar-refractivity contribution in [2.24, 2.45) is 0 Å². The van der Waals surface area contributed by atoms with E-state index < -0.39 is 0 Å². The molecule has 1 saturated carbocycles. The number of imidazole rings is 1. The van der Waals surface area contributed by atoms with Gasteiger partial charge in [-0.15, -0.1) is 0 Å². The van der Waals surface area contributed by atoms with E-state index >= 15 is 0 Å². The van der Waals surface area contributed by atoms with Crippen LogP contribution in [0.1, 0.15) is 50.3 Å². The Bertz CT molecular complexity index is 701. The summed E-state index contributed by atoms with van der Waals surface area (Å²) in [6.07, 6.45) is 11.4. The number of nitrogens with one attached hydrogen (secondary N) is 1. The first-order chi connectivity index (χ1) is 12.3. The van der Waals surface area contributed by atoms with Crippen LogP contribution in [0.15, 0.2) is 42.9 Å². The zero-order chi connectivity index (χ0) is 17.1. The van der Waals surface area contributed by atoms with Crippen LogP contribution in [0.4, 0.5) is 5.69 Å². The summed E-state index contributed by atoms with van der Waals surface area (Å²) in [7, 11) is 0. The van der Waals surface area contributed by atoms with Crippen LogP contribution >= 0.6 is 0 Å². The summed E-state index contributed by atoms with van der Waals surface area (Å²) in [5.74, 6) is 0.143. The number of benzene rings is 1. The smallest absolute Gasteiger partial charge is 0.244 e. The van der Waals surface area contributed by atoms with Crippen molar-refractivity contribution in [1.82, 2.24) is 14.9 Å². The zero-order valence-electron chi connectivity index (χ0n) is 14.6. The highest BCUT2D eigenvalue weighted by atomic mass is 16.2. The maximum atomic E-state index is 12.9. The molecule has 1 aromatic heterocycles. The number of nitrogens with zero attached hydrogens (tertiary/aromatic N) is 3. The molecule has 1 N–H and O–H groups in total. The lowest BCUT2D eigenvalue weighted by Gasteiger charge is -2.32. The van der Waals surface area contributed by atoms with Gasteiger partial charge in [0.25, 0.3) is 0 Å². The van der Waals surface area contributed by atoms with Crippen LogP contribution in [0.2, 0.25) is 0 Å². The van der Waals surface area contributed by atoms with Gasteiger partial charge < -0.3 is 14.8 Å². The fourth-order valence-electron chi connectivity index (χ4n) is 3.79. The van der Waals surface area contributed by atoms with Crippen LogP contribution in [-0.4, -0.2) is 28.0 Å². The van der Waals surface area contributed by atoms with Crippen LogP contribution in [0.3, 0.4) is 0 Å². The molecule has 2 fully saturated rings. The highest BCUT2D eigenvalue weighted by Gasteiger charge is 2.30. The van der Waals surface area contributed by atoms with Gasteiger partial charge in [0.1, 0.15) is 0 Å². The minimum atomic E-state index is -0.0550. The monoisotopic (exact) mass is 338 g/mol. The minimum absolute atomic E-state index is 0.0550. The molecule has 1 aromatic carbocycles. The van der Waals surface area contributed by atoms with E-state index in [9.17, 15) is 4.79 Å². The van der Waals surface area contributed by atoms with Crippen LogP contribution in [-0.2, 0) is 11.3 Å². The van der Waals surface area contributed by atoms with Crippen molar-refractivity contribution in [2.45, 2.75) is 57.2 Å². The van der Waals surface area contributed by atoms with Crippen molar-refractivity contribution in [3.63, 3.8) is 0 Å². The average Bonchev–Trinajstić information content (AvgIpc) is 3.08. The fourth-order valence-corrected chi connectivity index (χ4v) is 3.79. The molecule has 0 bridgehead atoms. The Morgan fingerprint density at radius 1 is 1.16 bits per heavy atom. The summed E-state index contributed by atoms with van der Waals surface area (Å²) >= 11 is 0. The van der Waals surface area contributed by atoms with E-state index in [-0.39, 0.29) is 11.9 Å². The van der Waals surface area contributed by atoms with E-state index in [0.29, 0.717) is 12.6 Å². The highest BCUT2D eigenvalue weighted by molar-refractivity contribution is 5.97. The second-order valence-electron chi connectivity index (χ2n) is 7.16. The summed E-state index contributed by atoms with van der Waals surface area (Å²) in [5, 5.41) is 3.22. The SMILES string of the molecule is O=C([C@H]1CCN1)N(Cc1cn(C2CCCCC2)cn1)c1ccccc1. The molecule has 1 aliphatic heterocycles. The molecule has 1 amide bonds. The summed E-state index contributed by atoms with van der Waals surface area (Å²) in [4.78, 5) is 19.3. The van der Waals surface area contributed by atoms with Crippen molar-refractivity contribution in [1.29, 1.82) is 0 Å². The third-order valence-corrected chi connectivity index (χ3v) is 5.43. The van der Waals surface area contributed by atoms with Gasteiger partial charge in [0.2, 0.25) is 5.91 Å². The van der Waals surface area contributed by atoms with Gasteiger partial charge in [0, 0.05) is 17.9 Å². The fraction of sp³-hybridized carbons (Fsp3) is 0.500. The van der Waals surface area contributed by atoms with Gasteiger partial charge in [-0.25, -0.2) is 4.98 Å². The summed E-state index contributed by atoms with van der Waals surface area (Å²) in [5.41, 5.74) is 1.90. The van der Waals surface area contributed by atoms with E-state index in [4.69, 9.17) is 0 Å². The number of hydrogen-bond acceptors (Lipinski definition) is 3.